The number of nitrogens with zero attached hydrogens (tertiary/aromatic N) is 4. The molecule has 0 amide bonds. The highest BCUT2D eigenvalue weighted by atomic mass is 15.3. The Morgan fingerprint density at radius 2 is 2.29 bits per heavy atom. The second kappa shape index (κ2) is 5.44. The molecular formula is C15H22N6. The molecule has 2 aromatic heterocycles. The molecule has 0 saturated carbocycles. The van der Waals surface area contributed by atoms with Crippen molar-refractivity contribution in [3.63, 3.8) is 0 Å². The highest BCUT2D eigenvalue weighted by Gasteiger charge is 2.40. The molecular weight excluding hydrogens is 264 g/mol. The fraction of sp³-hybridized carbons (Fsp3) is 0.533. The number of anilines is 1. The summed E-state index contributed by atoms with van der Waals surface area (Å²) in [5.41, 5.74) is 2.01. The fourth-order valence-corrected chi connectivity index (χ4v) is 3.04. The smallest absolute Gasteiger partial charge is 0.150 e. The normalized spacial score (nSPS) is 22.6. The first-order valence-electron chi connectivity index (χ1n) is 7.38. The van der Waals surface area contributed by atoms with E-state index in [-0.39, 0.29) is 5.54 Å². The molecule has 6 nitrogen and oxygen atoms in total. The molecule has 1 aliphatic heterocycles. The Labute approximate surface area is 125 Å². The zero-order valence-corrected chi connectivity index (χ0v) is 12.8. The van der Waals surface area contributed by atoms with Crippen LogP contribution in [0.2, 0.25) is 0 Å². The minimum atomic E-state index is -0.122. The van der Waals surface area contributed by atoms with Gasteiger partial charge in [0.1, 0.15) is 5.82 Å². The topological polar surface area (TPSA) is 69.7 Å². The summed E-state index contributed by atoms with van der Waals surface area (Å²) in [6.45, 7) is 6.17. The lowest BCUT2D eigenvalue weighted by Crippen LogP contribution is -2.40. The lowest BCUT2D eigenvalue weighted by atomic mass is 9.97. The summed E-state index contributed by atoms with van der Waals surface area (Å²) < 4.78 is 0. The first kappa shape index (κ1) is 14.0. The Morgan fingerprint density at radius 3 is 3.00 bits per heavy atom. The molecule has 3 heterocycles. The number of imidazole rings is 1. The summed E-state index contributed by atoms with van der Waals surface area (Å²) in [5, 5.41) is 3.12. The van der Waals surface area contributed by atoms with Gasteiger partial charge in [0.15, 0.2) is 5.82 Å². The van der Waals surface area contributed by atoms with Crippen LogP contribution in [0.5, 0.6) is 0 Å². The maximum Gasteiger partial charge on any atom is 0.150 e. The second-order valence-electron chi connectivity index (χ2n) is 5.84. The largest absolute Gasteiger partial charge is 0.373 e. The minimum absolute atomic E-state index is 0.122. The van der Waals surface area contributed by atoms with E-state index in [1.807, 2.05) is 26.2 Å². The number of hydrogen-bond donors (Lipinski definition) is 2. The Hall–Kier alpha value is -1.95. The van der Waals surface area contributed by atoms with Gasteiger partial charge in [-0.15, -0.1) is 0 Å². The van der Waals surface area contributed by atoms with E-state index < -0.39 is 0 Å². The van der Waals surface area contributed by atoms with Crippen LogP contribution in [0.25, 0.3) is 0 Å². The third-order valence-electron chi connectivity index (χ3n) is 4.30. The molecule has 0 spiro atoms. The van der Waals surface area contributed by atoms with Gasteiger partial charge in [0.25, 0.3) is 0 Å². The minimum Gasteiger partial charge on any atom is -0.373 e. The molecule has 1 aliphatic rings. The molecule has 0 bridgehead atoms. The van der Waals surface area contributed by atoms with Crippen molar-refractivity contribution in [2.24, 2.45) is 0 Å². The summed E-state index contributed by atoms with van der Waals surface area (Å²) >= 11 is 0. The molecule has 21 heavy (non-hydrogen) atoms. The third-order valence-corrected chi connectivity index (χ3v) is 4.30. The maximum absolute atomic E-state index is 4.70. The van der Waals surface area contributed by atoms with Crippen molar-refractivity contribution < 1.29 is 0 Å². The summed E-state index contributed by atoms with van der Waals surface area (Å²) in [7, 11) is 1.89. The molecule has 0 aliphatic carbocycles. The van der Waals surface area contributed by atoms with Gasteiger partial charge in [-0.25, -0.2) is 15.0 Å². The molecule has 1 unspecified atom stereocenters. The number of aryl methyl sites for hydroxylation is 1. The van der Waals surface area contributed by atoms with Crippen LogP contribution in [-0.4, -0.2) is 38.4 Å². The molecule has 6 heteroatoms. The second-order valence-corrected chi connectivity index (χ2v) is 5.84. The van der Waals surface area contributed by atoms with Crippen molar-refractivity contribution in [1.29, 1.82) is 0 Å². The Kier molecular flexibility index (Phi) is 3.63. The van der Waals surface area contributed by atoms with E-state index in [1.54, 1.807) is 6.33 Å². The summed E-state index contributed by atoms with van der Waals surface area (Å²) in [5.74, 6) is 1.79. The molecule has 0 aromatic carbocycles. The molecule has 1 fully saturated rings. The van der Waals surface area contributed by atoms with Gasteiger partial charge >= 0.3 is 0 Å². The van der Waals surface area contributed by atoms with Crippen LogP contribution in [0.3, 0.4) is 0 Å². The quantitative estimate of drug-likeness (QED) is 0.900. The first-order valence-corrected chi connectivity index (χ1v) is 7.38. The van der Waals surface area contributed by atoms with Crippen LogP contribution in [-0.2, 0) is 12.1 Å². The molecule has 2 aromatic rings. The van der Waals surface area contributed by atoms with Crippen molar-refractivity contribution in [2.45, 2.75) is 38.8 Å². The van der Waals surface area contributed by atoms with E-state index in [1.165, 1.54) is 0 Å². The fourth-order valence-electron chi connectivity index (χ4n) is 3.04. The third kappa shape index (κ3) is 2.63. The standard InChI is InChI=1S/C15H22N6/c1-11-7-13(16-3)20-14(19-11)15(2)5-4-6-21(15)9-12-8-17-10-18-12/h7-8,10H,4-6,9H2,1-3H3,(H,17,18)(H,16,19,20). The van der Waals surface area contributed by atoms with Gasteiger partial charge in [-0.1, -0.05) is 0 Å². The number of nitrogens with one attached hydrogen (secondary N) is 2. The van der Waals surface area contributed by atoms with E-state index in [9.17, 15) is 0 Å². The molecule has 2 N–H and O–H groups in total. The van der Waals surface area contributed by atoms with Crippen LogP contribution in [0.4, 0.5) is 5.82 Å². The number of likely N-dealkylation sites (tertiary alicyclic amines) is 1. The Bertz CT molecular complexity index is 609. The van der Waals surface area contributed by atoms with Gasteiger partial charge in [-0.2, -0.15) is 0 Å². The van der Waals surface area contributed by atoms with Crippen LogP contribution in [0.1, 0.15) is 37.0 Å². The monoisotopic (exact) mass is 286 g/mol. The highest BCUT2D eigenvalue weighted by molar-refractivity contribution is 5.36. The van der Waals surface area contributed by atoms with Crippen molar-refractivity contribution in [1.82, 2.24) is 24.8 Å². The van der Waals surface area contributed by atoms with Crippen LogP contribution < -0.4 is 5.32 Å². The van der Waals surface area contributed by atoms with Crippen molar-refractivity contribution in [3.05, 3.63) is 35.8 Å². The Morgan fingerprint density at radius 1 is 1.43 bits per heavy atom. The SMILES string of the molecule is CNc1cc(C)nc(C2(C)CCCN2Cc2cnc[nH]2)n1. The maximum atomic E-state index is 4.70. The molecule has 112 valence electrons. The predicted octanol–water partition coefficient (Wildman–Crippen LogP) is 2.06. The lowest BCUT2D eigenvalue weighted by Gasteiger charge is -2.33. The number of hydrogen-bond acceptors (Lipinski definition) is 5. The predicted molar refractivity (Wildman–Crippen MR) is 81.9 cm³/mol. The van der Waals surface area contributed by atoms with Crippen molar-refractivity contribution >= 4 is 5.82 Å². The van der Waals surface area contributed by atoms with Crippen molar-refractivity contribution in [3.8, 4) is 0 Å². The van der Waals surface area contributed by atoms with Gasteiger partial charge in [0, 0.05) is 37.2 Å². The van der Waals surface area contributed by atoms with Crippen LogP contribution in [0, 0.1) is 6.92 Å². The van der Waals surface area contributed by atoms with Crippen LogP contribution >= 0.6 is 0 Å². The average molecular weight is 286 g/mol. The van der Waals surface area contributed by atoms with Crippen LogP contribution in [0.15, 0.2) is 18.6 Å². The van der Waals surface area contributed by atoms with E-state index in [2.05, 4.69) is 27.1 Å². The zero-order valence-electron chi connectivity index (χ0n) is 12.8. The lowest BCUT2D eigenvalue weighted by molar-refractivity contribution is 0.136. The van der Waals surface area contributed by atoms with Gasteiger partial charge in [0.2, 0.25) is 0 Å². The molecule has 1 saturated heterocycles. The number of aromatic nitrogens is 4. The average Bonchev–Trinajstić information content (AvgIpc) is 3.10. The number of rotatable bonds is 4. The first-order chi connectivity index (χ1) is 10.1. The van der Waals surface area contributed by atoms with Gasteiger partial charge in [-0.05, 0) is 33.2 Å². The van der Waals surface area contributed by atoms with Gasteiger partial charge in [-0.3, -0.25) is 4.90 Å². The van der Waals surface area contributed by atoms with Gasteiger partial charge < -0.3 is 10.3 Å². The Balaban J connectivity index is 1.92. The van der Waals surface area contributed by atoms with E-state index in [4.69, 9.17) is 9.97 Å². The summed E-state index contributed by atoms with van der Waals surface area (Å²) in [6, 6.07) is 1.97. The molecule has 0 radical (unpaired) electrons. The zero-order chi connectivity index (χ0) is 14.9. The van der Waals surface area contributed by atoms with E-state index >= 15 is 0 Å². The summed E-state index contributed by atoms with van der Waals surface area (Å²) in [4.78, 5) is 19.1. The van der Waals surface area contributed by atoms with E-state index in [0.717, 1.165) is 49.0 Å². The molecule has 3 rings (SSSR count). The number of H-pyrrole nitrogens is 1. The molecule has 1 atom stereocenters. The summed E-state index contributed by atoms with van der Waals surface area (Å²) in [6.07, 6.45) is 5.85. The van der Waals surface area contributed by atoms with E-state index in [0.29, 0.717) is 0 Å². The highest BCUT2D eigenvalue weighted by Crippen LogP contribution is 2.38. The van der Waals surface area contributed by atoms with Crippen molar-refractivity contribution in [2.75, 3.05) is 18.9 Å². The number of aromatic amines is 1. The van der Waals surface area contributed by atoms with Gasteiger partial charge in [0.05, 0.1) is 11.9 Å².